The van der Waals surface area contributed by atoms with E-state index in [1.165, 1.54) is 0 Å². The summed E-state index contributed by atoms with van der Waals surface area (Å²) in [6, 6.07) is 17.0. The standard InChI is InChI=1S/C17H15N3O/c18-10-13-6-2-4-8-16(13)20-17(21)14-9-12-5-1-3-7-15(12)19-11-14/h1-9,11H,10,18H2,(H,20,21). The maximum absolute atomic E-state index is 12.3. The number of aromatic nitrogens is 1. The number of rotatable bonds is 3. The SMILES string of the molecule is NCc1ccccc1NC(=O)c1cnc2ccccc2c1. The second-order valence-electron chi connectivity index (χ2n) is 4.73. The van der Waals surface area contributed by atoms with Crippen molar-refractivity contribution in [2.45, 2.75) is 6.54 Å². The predicted octanol–water partition coefficient (Wildman–Crippen LogP) is 2.95. The van der Waals surface area contributed by atoms with Crippen molar-refractivity contribution in [3.63, 3.8) is 0 Å². The second kappa shape index (κ2) is 5.73. The fraction of sp³-hybridized carbons (Fsp3) is 0.0588. The van der Waals surface area contributed by atoms with Gasteiger partial charge in [-0.05, 0) is 23.8 Å². The molecule has 104 valence electrons. The number of hydrogen-bond acceptors (Lipinski definition) is 3. The maximum atomic E-state index is 12.3. The Morgan fingerprint density at radius 3 is 2.71 bits per heavy atom. The fourth-order valence-corrected chi connectivity index (χ4v) is 2.21. The largest absolute Gasteiger partial charge is 0.326 e. The molecule has 4 heteroatoms. The van der Waals surface area contributed by atoms with Gasteiger partial charge < -0.3 is 11.1 Å². The molecule has 0 bridgehead atoms. The summed E-state index contributed by atoms with van der Waals surface area (Å²) in [5, 5.41) is 3.83. The molecule has 3 N–H and O–H groups in total. The van der Waals surface area contributed by atoms with E-state index in [9.17, 15) is 4.79 Å². The predicted molar refractivity (Wildman–Crippen MR) is 84.0 cm³/mol. The van der Waals surface area contributed by atoms with Crippen molar-refractivity contribution in [1.29, 1.82) is 0 Å². The van der Waals surface area contributed by atoms with E-state index in [-0.39, 0.29) is 5.91 Å². The molecule has 0 aliphatic heterocycles. The number of pyridine rings is 1. The van der Waals surface area contributed by atoms with Gasteiger partial charge in [0.05, 0.1) is 11.1 Å². The Bertz CT molecular complexity index is 799. The van der Waals surface area contributed by atoms with E-state index >= 15 is 0 Å². The van der Waals surface area contributed by atoms with Crippen LogP contribution in [0.1, 0.15) is 15.9 Å². The van der Waals surface area contributed by atoms with Crippen molar-refractivity contribution in [2.75, 3.05) is 5.32 Å². The van der Waals surface area contributed by atoms with Crippen LogP contribution in [0.15, 0.2) is 60.8 Å². The number of carbonyl (C=O) groups excluding carboxylic acids is 1. The van der Waals surface area contributed by atoms with Crippen molar-refractivity contribution >= 4 is 22.5 Å². The minimum atomic E-state index is -0.186. The van der Waals surface area contributed by atoms with E-state index < -0.39 is 0 Å². The van der Waals surface area contributed by atoms with Gasteiger partial charge in [0.2, 0.25) is 0 Å². The molecule has 4 nitrogen and oxygen atoms in total. The lowest BCUT2D eigenvalue weighted by molar-refractivity contribution is 0.102. The highest BCUT2D eigenvalue weighted by atomic mass is 16.1. The van der Waals surface area contributed by atoms with Gasteiger partial charge in [-0.2, -0.15) is 0 Å². The van der Waals surface area contributed by atoms with Crippen molar-refractivity contribution in [1.82, 2.24) is 4.98 Å². The maximum Gasteiger partial charge on any atom is 0.257 e. The smallest absolute Gasteiger partial charge is 0.257 e. The normalized spacial score (nSPS) is 10.5. The molecular weight excluding hydrogens is 262 g/mol. The van der Waals surface area contributed by atoms with E-state index in [2.05, 4.69) is 10.3 Å². The first-order valence-corrected chi connectivity index (χ1v) is 6.72. The van der Waals surface area contributed by atoms with Crippen LogP contribution in [-0.4, -0.2) is 10.9 Å². The van der Waals surface area contributed by atoms with Gasteiger partial charge in [0.25, 0.3) is 5.91 Å². The average molecular weight is 277 g/mol. The van der Waals surface area contributed by atoms with Crippen molar-refractivity contribution in [3.05, 3.63) is 71.9 Å². The van der Waals surface area contributed by atoms with Gasteiger partial charge >= 0.3 is 0 Å². The molecule has 3 rings (SSSR count). The van der Waals surface area contributed by atoms with Crippen molar-refractivity contribution in [2.24, 2.45) is 5.73 Å². The molecule has 21 heavy (non-hydrogen) atoms. The Morgan fingerprint density at radius 1 is 1.10 bits per heavy atom. The Morgan fingerprint density at radius 2 is 1.86 bits per heavy atom. The molecular formula is C17H15N3O. The van der Waals surface area contributed by atoms with Crippen LogP contribution in [0, 0.1) is 0 Å². The summed E-state index contributed by atoms with van der Waals surface area (Å²) in [5.74, 6) is -0.186. The van der Waals surface area contributed by atoms with Gasteiger partial charge in [0.1, 0.15) is 0 Å². The molecule has 1 aromatic heterocycles. The molecule has 0 fully saturated rings. The van der Waals surface area contributed by atoms with E-state index in [0.717, 1.165) is 22.2 Å². The van der Waals surface area contributed by atoms with Crippen LogP contribution in [0.2, 0.25) is 0 Å². The number of nitrogens with one attached hydrogen (secondary N) is 1. The number of benzene rings is 2. The summed E-state index contributed by atoms with van der Waals surface area (Å²) >= 11 is 0. The van der Waals surface area contributed by atoms with Gasteiger partial charge in [0.15, 0.2) is 0 Å². The van der Waals surface area contributed by atoms with E-state index in [0.29, 0.717) is 12.1 Å². The molecule has 0 radical (unpaired) electrons. The summed E-state index contributed by atoms with van der Waals surface area (Å²) < 4.78 is 0. The summed E-state index contributed by atoms with van der Waals surface area (Å²) in [6.07, 6.45) is 1.59. The first-order chi connectivity index (χ1) is 10.3. The highest BCUT2D eigenvalue weighted by Gasteiger charge is 2.09. The lowest BCUT2D eigenvalue weighted by atomic mass is 10.1. The van der Waals surface area contributed by atoms with Crippen LogP contribution >= 0.6 is 0 Å². The van der Waals surface area contributed by atoms with Crippen LogP contribution in [-0.2, 0) is 6.54 Å². The fourth-order valence-electron chi connectivity index (χ4n) is 2.21. The summed E-state index contributed by atoms with van der Waals surface area (Å²) in [6.45, 7) is 0.381. The van der Waals surface area contributed by atoms with Crippen molar-refractivity contribution in [3.8, 4) is 0 Å². The van der Waals surface area contributed by atoms with Gasteiger partial charge in [-0.1, -0.05) is 36.4 Å². The number of para-hydroxylation sites is 2. The molecule has 1 amide bonds. The van der Waals surface area contributed by atoms with Crippen LogP contribution in [0.25, 0.3) is 10.9 Å². The summed E-state index contributed by atoms with van der Waals surface area (Å²) in [5.41, 5.74) is 8.71. The highest BCUT2D eigenvalue weighted by Crippen LogP contribution is 2.17. The molecule has 0 spiro atoms. The van der Waals surface area contributed by atoms with Gasteiger partial charge in [0, 0.05) is 23.8 Å². The van der Waals surface area contributed by atoms with Crippen LogP contribution in [0.5, 0.6) is 0 Å². The zero-order chi connectivity index (χ0) is 14.7. The number of hydrogen-bond donors (Lipinski definition) is 2. The van der Waals surface area contributed by atoms with Crippen LogP contribution in [0.3, 0.4) is 0 Å². The highest BCUT2D eigenvalue weighted by molar-refractivity contribution is 6.06. The molecule has 0 aliphatic rings. The molecule has 0 unspecified atom stereocenters. The topological polar surface area (TPSA) is 68.0 Å². The quantitative estimate of drug-likeness (QED) is 0.773. The lowest BCUT2D eigenvalue weighted by Crippen LogP contribution is -2.14. The third kappa shape index (κ3) is 2.75. The molecule has 1 heterocycles. The number of carbonyl (C=O) groups is 1. The third-order valence-corrected chi connectivity index (χ3v) is 3.34. The second-order valence-corrected chi connectivity index (χ2v) is 4.73. The number of fused-ring (bicyclic) bond motifs is 1. The zero-order valence-corrected chi connectivity index (χ0v) is 11.4. The number of anilines is 1. The van der Waals surface area contributed by atoms with Crippen LogP contribution in [0.4, 0.5) is 5.69 Å². The summed E-state index contributed by atoms with van der Waals surface area (Å²) in [7, 11) is 0. The molecule has 0 saturated carbocycles. The van der Waals surface area contributed by atoms with E-state index in [4.69, 9.17) is 5.73 Å². The Labute approximate surface area is 122 Å². The number of nitrogens with zero attached hydrogens (tertiary/aromatic N) is 1. The Hall–Kier alpha value is -2.72. The average Bonchev–Trinajstić information content (AvgIpc) is 2.55. The monoisotopic (exact) mass is 277 g/mol. The van der Waals surface area contributed by atoms with Crippen LogP contribution < -0.4 is 11.1 Å². The van der Waals surface area contributed by atoms with E-state index in [1.807, 2.05) is 54.6 Å². The number of nitrogens with two attached hydrogens (primary N) is 1. The molecule has 0 aliphatic carbocycles. The van der Waals surface area contributed by atoms with Gasteiger partial charge in [-0.25, -0.2) is 0 Å². The zero-order valence-electron chi connectivity index (χ0n) is 11.4. The lowest BCUT2D eigenvalue weighted by Gasteiger charge is -2.09. The minimum Gasteiger partial charge on any atom is -0.326 e. The Kier molecular flexibility index (Phi) is 3.62. The first-order valence-electron chi connectivity index (χ1n) is 6.72. The summed E-state index contributed by atoms with van der Waals surface area (Å²) in [4.78, 5) is 16.6. The Balaban J connectivity index is 1.90. The van der Waals surface area contributed by atoms with Gasteiger partial charge in [-0.15, -0.1) is 0 Å². The molecule has 3 aromatic rings. The van der Waals surface area contributed by atoms with Gasteiger partial charge in [-0.3, -0.25) is 9.78 Å². The third-order valence-electron chi connectivity index (χ3n) is 3.34. The number of amides is 1. The van der Waals surface area contributed by atoms with E-state index in [1.54, 1.807) is 6.20 Å². The molecule has 2 aromatic carbocycles. The van der Waals surface area contributed by atoms with Crippen molar-refractivity contribution < 1.29 is 4.79 Å². The minimum absolute atomic E-state index is 0.186. The first kappa shape index (κ1) is 13.3. The molecule has 0 saturated heterocycles. The molecule has 0 atom stereocenters.